The third-order valence-corrected chi connectivity index (χ3v) is 4.31. The lowest BCUT2D eigenvalue weighted by atomic mass is 9.87. The van der Waals surface area contributed by atoms with Crippen LogP contribution in [0.4, 0.5) is 0 Å². The first-order valence-corrected chi connectivity index (χ1v) is 6.21. The summed E-state index contributed by atoms with van der Waals surface area (Å²) in [6, 6.07) is -0.362. The molecule has 1 aromatic rings. The van der Waals surface area contributed by atoms with Gasteiger partial charge in [-0.25, -0.2) is 4.79 Å². The van der Waals surface area contributed by atoms with Gasteiger partial charge in [-0.3, -0.25) is 14.3 Å². The third kappa shape index (κ3) is 1.62. The number of aromatic nitrogens is 2. The van der Waals surface area contributed by atoms with Crippen LogP contribution in [0.2, 0.25) is 0 Å². The highest BCUT2D eigenvalue weighted by atomic mass is 16.5. The molecule has 4 atom stereocenters. The van der Waals surface area contributed by atoms with Gasteiger partial charge in [0.1, 0.15) is 6.10 Å². The Morgan fingerprint density at radius 3 is 2.95 bits per heavy atom. The van der Waals surface area contributed by atoms with Gasteiger partial charge in [0.25, 0.3) is 5.56 Å². The van der Waals surface area contributed by atoms with Crippen molar-refractivity contribution in [2.45, 2.75) is 31.6 Å². The van der Waals surface area contributed by atoms with Crippen LogP contribution in [0.3, 0.4) is 0 Å². The number of hydrogen-bond acceptors (Lipinski definition) is 5. The highest BCUT2D eigenvalue weighted by molar-refractivity contribution is 5.11. The summed E-state index contributed by atoms with van der Waals surface area (Å²) in [4.78, 5) is 25.5. The molecule has 1 saturated heterocycles. The predicted octanol–water partition coefficient (Wildman–Crippen LogP) is -1.47. The van der Waals surface area contributed by atoms with Crippen molar-refractivity contribution in [2.75, 3.05) is 13.2 Å². The molecule has 1 unspecified atom stereocenters. The normalized spacial score (nSPS) is 36.9. The molecule has 3 N–H and O–H groups in total. The summed E-state index contributed by atoms with van der Waals surface area (Å²) < 4.78 is 6.88. The van der Waals surface area contributed by atoms with Crippen LogP contribution in [0.15, 0.2) is 15.8 Å². The summed E-state index contributed by atoms with van der Waals surface area (Å²) in [6.45, 7) is 1.72. The molecule has 2 heterocycles. The number of nitrogens with one attached hydrogen (secondary N) is 1. The minimum atomic E-state index is -0.790. The zero-order chi connectivity index (χ0) is 13.8. The van der Waals surface area contributed by atoms with E-state index < -0.39 is 28.9 Å². The minimum Gasteiger partial charge on any atom is -0.396 e. The van der Waals surface area contributed by atoms with E-state index in [1.165, 1.54) is 10.8 Å². The van der Waals surface area contributed by atoms with E-state index in [1.807, 2.05) is 0 Å². The number of fused-ring (bicyclic) bond motifs is 2. The van der Waals surface area contributed by atoms with Crippen molar-refractivity contribution in [3.63, 3.8) is 0 Å². The zero-order valence-electron chi connectivity index (χ0n) is 10.5. The van der Waals surface area contributed by atoms with Gasteiger partial charge in [-0.15, -0.1) is 0 Å². The van der Waals surface area contributed by atoms with E-state index in [2.05, 4.69) is 4.98 Å². The summed E-state index contributed by atoms with van der Waals surface area (Å²) in [5.41, 5.74) is -1.20. The molecule has 7 nitrogen and oxygen atoms in total. The number of ether oxygens (including phenoxy) is 1. The molecule has 7 heteroatoms. The number of aliphatic hydroxyl groups excluding tert-OH is 2. The van der Waals surface area contributed by atoms with Crippen LogP contribution in [0.25, 0.3) is 0 Å². The van der Waals surface area contributed by atoms with Gasteiger partial charge in [0.05, 0.1) is 25.4 Å². The van der Waals surface area contributed by atoms with E-state index >= 15 is 0 Å². The van der Waals surface area contributed by atoms with Crippen molar-refractivity contribution in [1.82, 2.24) is 9.55 Å². The molecule has 19 heavy (non-hydrogen) atoms. The van der Waals surface area contributed by atoms with E-state index in [-0.39, 0.29) is 12.6 Å². The molecule has 0 radical (unpaired) electrons. The van der Waals surface area contributed by atoms with Crippen molar-refractivity contribution in [3.05, 3.63) is 32.6 Å². The number of aliphatic hydroxyl groups is 2. The highest BCUT2D eigenvalue weighted by Crippen LogP contribution is 2.50. The fraction of sp³-hybridized carbons (Fsp3) is 0.667. The van der Waals surface area contributed by atoms with Gasteiger partial charge in [-0.05, 0) is 13.3 Å². The first-order chi connectivity index (χ1) is 8.98. The van der Waals surface area contributed by atoms with Crippen molar-refractivity contribution in [3.8, 4) is 0 Å². The van der Waals surface area contributed by atoms with E-state index in [0.29, 0.717) is 18.6 Å². The molecule has 0 aromatic carbocycles. The summed E-state index contributed by atoms with van der Waals surface area (Å²) in [5.74, 6) is 0. The van der Waals surface area contributed by atoms with E-state index in [9.17, 15) is 19.8 Å². The maximum Gasteiger partial charge on any atom is 0.328 e. The van der Waals surface area contributed by atoms with Crippen molar-refractivity contribution >= 4 is 0 Å². The van der Waals surface area contributed by atoms with Gasteiger partial charge < -0.3 is 14.9 Å². The quantitative estimate of drug-likeness (QED) is 0.607. The smallest absolute Gasteiger partial charge is 0.328 e. The number of aromatic amines is 1. The Morgan fingerprint density at radius 2 is 2.32 bits per heavy atom. The average molecular weight is 268 g/mol. The largest absolute Gasteiger partial charge is 0.396 e. The van der Waals surface area contributed by atoms with Crippen molar-refractivity contribution in [2.24, 2.45) is 5.41 Å². The monoisotopic (exact) mass is 268 g/mol. The first kappa shape index (κ1) is 12.6. The second kappa shape index (κ2) is 4.03. The van der Waals surface area contributed by atoms with Crippen LogP contribution in [-0.4, -0.2) is 45.2 Å². The number of nitrogens with zero attached hydrogens (tertiary/aromatic N) is 1. The third-order valence-electron chi connectivity index (χ3n) is 4.31. The number of rotatable bonds is 2. The number of hydrogen-bond donors (Lipinski definition) is 3. The Morgan fingerprint density at radius 1 is 1.58 bits per heavy atom. The van der Waals surface area contributed by atoms with Gasteiger partial charge in [0, 0.05) is 17.2 Å². The van der Waals surface area contributed by atoms with Gasteiger partial charge in [0.15, 0.2) is 0 Å². The molecule has 2 bridgehead atoms. The molecule has 2 aliphatic rings. The molecule has 0 amide bonds. The zero-order valence-corrected chi connectivity index (χ0v) is 10.5. The summed E-state index contributed by atoms with van der Waals surface area (Å²) in [5, 5.41) is 19.6. The topological polar surface area (TPSA) is 105 Å². The summed E-state index contributed by atoms with van der Waals surface area (Å²) >= 11 is 0. The predicted molar refractivity (Wildman–Crippen MR) is 65.0 cm³/mol. The molecule has 3 rings (SSSR count). The lowest BCUT2D eigenvalue weighted by Crippen LogP contribution is -2.38. The van der Waals surface area contributed by atoms with Crippen LogP contribution in [0, 0.1) is 12.3 Å². The Kier molecular flexibility index (Phi) is 2.67. The summed E-state index contributed by atoms with van der Waals surface area (Å²) in [7, 11) is 0. The van der Waals surface area contributed by atoms with Crippen molar-refractivity contribution < 1.29 is 14.9 Å². The van der Waals surface area contributed by atoms with Crippen LogP contribution >= 0.6 is 0 Å². The molecule has 0 spiro atoms. The Labute approximate surface area is 108 Å². The van der Waals surface area contributed by atoms with Gasteiger partial charge in [0.2, 0.25) is 0 Å². The SMILES string of the molecule is Cc1cn([C@@H]2C[C@@]3(CO)COC2[C@H]3O)c(=O)[nH]c1=O. The Balaban J connectivity index is 2.04. The van der Waals surface area contributed by atoms with Gasteiger partial charge in [-0.1, -0.05) is 0 Å². The Bertz CT molecular complexity index is 621. The molecule has 2 fully saturated rings. The van der Waals surface area contributed by atoms with Gasteiger partial charge in [-0.2, -0.15) is 0 Å². The molecule has 1 aliphatic heterocycles. The van der Waals surface area contributed by atoms with E-state index in [1.54, 1.807) is 6.92 Å². The molecule has 1 aliphatic carbocycles. The van der Waals surface area contributed by atoms with Crippen LogP contribution < -0.4 is 11.2 Å². The lowest BCUT2D eigenvalue weighted by Gasteiger charge is -2.28. The summed E-state index contributed by atoms with van der Waals surface area (Å²) in [6.07, 6.45) is 0.630. The molecule has 1 aromatic heterocycles. The average Bonchev–Trinajstić information content (AvgIpc) is 2.85. The fourth-order valence-corrected chi connectivity index (χ4v) is 3.11. The number of aryl methyl sites for hydroxylation is 1. The Hall–Kier alpha value is -1.44. The lowest BCUT2D eigenvalue weighted by molar-refractivity contribution is -0.00379. The molecular formula is C12H16N2O5. The van der Waals surface area contributed by atoms with Gasteiger partial charge >= 0.3 is 5.69 Å². The molecule has 1 saturated carbocycles. The van der Waals surface area contributed by atoms with Crippen molar-refractivity contribution in [1.29, 1.82) is 0 Å². The van der Waals surface area contributed by atoms with Crippen LogP contribution in [-0.2, 0) is 4.74 Å². The second-order valence-electron chi connectivity index (χ2n) is 5.49. The molecule has 104 valence electrons. The maximum atomic E-state index is 11.9. The first-order valence-electron chi connectivity index (χ1n) is 6.21. The second-order valence-corrected chi connectivity index (χ2v) is 5.49. The van der Waals surface area contributed by atoms with Crippen LogP contribution in [0.1, 0.15) is 18.0 Å². The van der Waals surface area contributed by atoms with Crippen LogP contribution in [0.5, 0.6) is 0 Å². The minimum absolute atomic E-state index is 0.182. The highest BCUT2D eigenvalue weighted by Gasteiger charge is 2.59. The van der Waals surface area contributed by atoms with E-state index in [0.717, 1.165) is 0 Å². The maximum absolute atomic E-state index is 11.9. The number of H-pyrrole nitrogens is 1. The van der Waals surface area contributed by atoms with E-state index in [4.69, 9.17) is 4.74 Å². The standard InChI is InChI=1S/C12H16N2O5/c1-6-3-14(11(18)13-10(6)17)7-2-12(4-15)5-19-8(7)9(12)16/h3,7-9,15-16H,2,4-5H2,1H3,(H,13,17,18)/t7-,8?,9-,12-/m1/s1. The fourth-order valence-electron chi connectivity index (χ4n) is 3.11. The molecular weight excluding hydrogens is 252 g/mol.